The predicted molar refractivity (Wildman–Crippen MR) is 104 cm³/mol. The molecule has 4 rings (SSSR count). The minimum Gasteiger partial charge on any atom is -0.370 e. The van der Waals surface area contributed by atoms with E-state index in [2.05, 4.69) is 25.4 Å². The zero-order chi connectivity index (χ0) is 18.8. The van der Waals surface area contributed by atoms with Crippen molar-refractivity contribution >= 4 is 34.1 Å². The summed E-state index contributed by atoms with van der Waals surface area (Å²) < 4.78 is 1.25. The number of hydrogen-bond donors (Lipinski definition) is 2. The molecule has 0 aliphatic carbocycles. The van der Waals surface area contributed by atoms with E-state index in [1.807, 2.05) is 37.3 Å². The Bertz CT molecular complexity index is 1240. The van der Waals surface area contributed by atoms with Gasteiger partial charge >= 0.3 is 0 Å². The van der Waals surface area contributed by atoms with Gasteiger partial charge < -0.3 is 5.32 Å². The Kier molecular flexibility index (Phi) is 4.48. The molecule has 0 aliphatic rings. The molecule has 1 aromatic carbocycles. The van der Waals surface area contributed by atoms with E-state index in [0.717, 1.165) is 23.3 Å². The molecule has 0 radical (unpaired) electrons. The van der Waals surface area contributed by atoms with Crippen LogP contribution in [0.3, 0.4) is 0 Å². The van der Waals surface area contributed by atoms with Gasteiger partial charge in [0.25, 0.3) is 5.56 Å². The summed E-state index contributed by atoms with van der Waals surface area (Å²) in [5.74, 6) is 1.21. The number of rotatable bonds is 5. The molecule has 0 saturated heterocycles. The number of para-hydroxylation sites is 1. The van der Waals surface area contributed by atoms with E-state index >= 15 is 0 Å². The number of fused-ring (bicyclic) bond motifs is 2. The molecule has 3 aromatic heterocycles. The fraction of sp³-hybridized carbons (Fsp3) is 0.167. The molecule has 9 heteroatoms. The van der Waals surface area contributed by atoms with E-state index in [0.29, 0.717) is 27.8 Å². The lowest BCUT2D eigenvalue weighted by Gasteiger charge is -2.09. The Morgan fingerprint density at radius 1 is 1.30 bits per heavy atom. The van der Waals surface area contributed by atoms with Crippen LogP contribution in [-0.4, -0.2) is 31.1 Å². The molecule has 0 aliphatic heterocycles. The highest BCUT2D eigenvalue weighted by atomic mass is 32.2. The summed E-state index contributed by atoms with van der Waals surface area (Å²) in [4.78, 5) is 25.8. The largest absolute Gasteiger partial charge is 0.370 e. The Morgan fingerprint density at radius 3 is 2.96 bits per heavy atom. The molecule has 8 nitrogen and oxygen atoms in total. The van der Waals surface area contributed by atoms with Crippen molar-refractivity contribution in [3.05, 3.63) is 58.1 Å². The van der Waals surface area contributed by atoms with Crippen LogP contribution in [0.5, 0.6) is 0 Å². The number of H-pyrrole nitrogens is 1. The van der Waals surface area contributed by atoms with E-state index in [1.54, 1.807) is 0 Å². The summed E-state index contributed by atoms with van der Waals surface area (Å²) in [6.07, 6.45) is 1.47. The van der Waals surface area contributed by atoms with Gasteiger partial charge in [-0.25, -0.2) is 19.5 Å². The first-order valence-corrected chi connectivity index (χ1v) is 9.31. The van der Waals surface area contributed by atoms with Crippen LogP contribution in [-0.2, 0) is 5.75 Å². The fourth-order valence-electron chi connectivity index (χ4n) is 2.75. The van der Waals surface area contributed by atoms with Crippen molar-refractivity contribution in [3.63, 3.8) is 0 Å². The number of aromatic amines is 1. The van der Waals surface area contributed by atoms with Crippen LogP contribution >= 0.6 is 11.8 Å². The first-order chi connectivity index (χ1) is 13.2. The van der Waals surface area contributed by atoms with Gasteiger partial charge in [0.2, 0.25) is 0 Å². The fourth-order valence-corrected chi connectivity index (χ4v) is 3.49. The predicted octanol–water partition coefficient (Wildman–Crippen LogP) is 2.56. The van der Waals surface area contributed by atoms with Crippen molar-refractivity contribution in [3.8, 4) is 6.07 Å². The van der Waals surface area contributed by atoms with Crippen molar-refractivity contribution in [1.29, 1.82) is 5.26 Å². The van der Waals surface area contributed by atoms with Gasteiger partial charge in [-0.1, -0.05) is 23.9 Å². The van der Waals surface area contributed by atoms with Gasteiger partial charge in [0.15, 0.2) is 10.8 Å². The minimum atomic E-state index is -0.259. The number of thioether (sulfide) groups is 1. The Morgan fingerprint density at radius 2 is 2.15 bits per heavy atom. The van der Waals surface area contributed by atoms with Gasteiger partial charge in [0.05, 0.1) is 11.2 Å². The molecule has 0 bridgehead atoms. The molecular formula is C18H15N7OS. The molecule has 0 atom stereocenters. The molecule has 27 heavy (non-hydrogen) atoms. The second kappa shape index (κ2) is 7.09. The Balaban J connectivity index is 1.66. The summed E-state index contributed by atoms with van der Waals surface area (Å²) in [6.45, 7) is 2.77. The van der Waals surface area contributed by atoms with Crippen molar-refractivity contribution in [2.75, 3.05) is 11.9 Å². The highest BCUT2D eigenvalue weighted by molar-refractivity contribution is 7.98. The van der Waals surface area contributed by atoms with Crippen LogP contribution in [0, 0.1) is 11.3 Å². The number of aromatic nitrogens is 5. The topological polar surface area (TPSA) is 112 Å². The normalized spacial score (nSPS) is 11.0. The Hall–Kier alpha value is -3.38. The maximum absolute atomic E-state index is 12.2. The Labute approximate surface area is 158 Å². The lowest BCUT2D eigenvalue weighted by Crippen LogP contribution is -2.15. The van der Waals surface area contributed by atoms with Gasteiger partial charge in [0, 0.05) is 29.9 Å². The highest BCUT2D eigenvalue weighted by Crippen LogP contribution is 2.25. The third-order valence-electron chi connectivity index (χ3n) is 3.95. The van der Waals surface area contributed by atoms with Gasteiger partial charge in [-0.05, 0) is 19.1 Å². The number of nitrogens with one attached hydrogen (secondary N) is 2. The van der Waals surface area contributed by atoms with Gasteiger partial charge in [0.1, 0.15) is 17.5 Å². The summed E-state index contributed by atoms with van der Waals surface area (Å²) in [7, 11) is 0. The van der Waals surface area contributed by atoms with Crippen LogP contribution in [0.4, 0.5) is 5.82 Å². The number of benzene rings is 1. The minimum absolute atomic E-state index is 0.259. The van der Waals surface area contributed by atoms with E-state index in [1.165, 1.54) is 28.5 Å². The molecule has 0 spiro atoms. The zero-order valence-corrected chi connectivity index (χ0v) is 15.2. The average Bonchev–Trinajstić information content (AvgIpc) is 3.10. The zero-order valence-electron chi connectivity index (χ0n) is 14.4. The van der Waals surface area contributed by atoms with Crippen molar-refractivity contribution < 1.29 is 0 Å². The SMILES string of the molecule is CCNc1nc(SCc2cc(=O)n3[nH]cc(C#N)c3n2)nc2ccccc12. The quantitative estimate of drug-likeness (QED) is 0.406. The van der Waals surface area contributed by atoms with Crippen LogP contribution in [0.15, 0.2) is 46.5 Å². The molecule has 0 amide bonds. The molecule has 134 valence electrons. The first kappa shape index (κ1) is 17.1. The van der Waals surface area contributed by atoms with Crippen LogP contribution in [0.25, 0.3) is 16.6 Å². The number of nitrogens with zero attached hydrogens (tertiary/aromatic N) is 5. The second-order valence-electron chi connectivity index (χ2n) is 5.73. The molecule has 3 heterocycles. The van der Waals surface area contributed by atoms with E-state index in [9.17, 15) is 4.79 Å². The first-order valence-electron chi connectivity index (χ1n) is 8.33. The average molecular weight is 377 g/mol. The maximum atomic E-state index is 12.2. The van der Waals surface area contributed by atoms with Gasteiger partial charge in [-0.15, -0.1) is 0 Å². The van der Waals surface area contributed by atoms with Crippen LogP contribution in [0.1, 0.15) is 18.2 Å². The summed E-state index contributed by atoms with van der Waals surface area (Å²) in [5.41, 5.74) is 1.82. The standard InChI is InChI=1S/C18H15N7OS/c1-2-20-16-13-5-3-4-6-14(13)23-18(24-16)27-10-12-7-15(26)25-17(22-12)11(8-19)9-21-25/h3-7,9,21H,2,10H2,1H3,(H,20,23,24). The van der Waals surface area contributed by atoms with Crippen LogP contribution < -0.4 is 10.9 Å². The van der Waals surface area contributed by atoms with Crippen molar-refractivity contribution in [2.45, 2.75) is 17.8 Å². The smallest absolute Gasteiger partial charge is 0.272 e. The third-order valence-corrected chi connectivity index (χ3v) is 4.83. The van der Waals surface area contributed by atoms with E-state index in [-0.39, 0.29) is 5.56 Å². The number of hydrogen-bond acceptors (Lipinski definition) is 7. The molecule has 0 saturated carbocycles. The van der Waals surface area contributed by atoms with Crippen LogP contribution in [0.2, 0.25) is 0 Å². The summed E-state index contributed by atoms with van der Waals surface area (Å²) in [5, 5.41) is 16.7. The molecule has 0 fully saturated rings. The highest BCUT2D eigenvalue weighted by Gasteiger charge is 2.11. The maximum Gasteiger partial charge on any atom is 0.272 e. The lowest BCUT2D eigenvalue weighted by atomic mass is 10.2. The number of anilines is 1. The molecule has 2 N–H and O–H groups in total. The van der Waals surface area contributed by atoms with Crippen molar-refractivity contribution in [2.24, 2.45) is 0 Å². The van der Waals surface area contributed by atoms with Gasteiger partial charge in [-0.3, -0.25) is 9.89 Å². The second-order valence-corrected chi connectivity index (χ2v) is 6.68. The summed E-state index contributed by atoms with van der Waals surface area (Å²) >= 11 is 1.40. The number of nitriles is 1. The van der Waals surface area contributed by atoms with Crippen molar-refractivity contribution in [1.82, 2.24) is 24.6 Å². The van der Waals surface area contributed by atoms with E-state index in [4.69, 9.17) is 5.26 Å². The summed E-state index contributed by atoms with van der Waals surface area (Å²) in [6, 6.07) is 11.3. The van der Waals surface area contributed by atoms with Gasteiger partial charge in [-0.2, -0.15) is 5.26 Å². The third kappa shape index (κ3) is 3.22. The van der Waals surface area contributed by atoms with E-state index < -0.39 is 0 Å². The molecular weight excluding hydrogens is 362 g/mol. The lowest BCUT2D eigenvalue weighted by molar-refractivity contribution is 0.887. The molecule has 0 unspecified atom stereocenters. The monoisotopic (exact) mass is 377 g/mol. The molecule has 4 aromatic rings.